The highest BCUT2D eigenvalue weighted by Gasteiger charge is 2.24. The number of hydrogen-bond donors (Lipinski definition) is 3. The van der Waals surface area contributed by atoms with E-state index >= 15 is 0 Å². The maximum Gasteiger partial charge on any atom is 0.349 e. The van der Waals surface area contributed by atoms with Crippen LogP contribution in [0, 0.1) is 12.8 Å². The van der Waals surface area contributed by atoms with Crippen LogP contribution in [0.5, 0.6) is 0 Å². The first-order valence-electron chi connectivity index (χ1n) is 7.10. The largest absolute Gasteiger partial charge is 0.367 e. The molecule has 20 heavy (non-hydrogen) atoms. The molecular weight excluding hydrogens is 256 g/mol. The Morgan fingerprint density at radius 3 is 3.10 bits per heavy atom. The average Bonchev–Trinajstić information content (AvgIpc) is 2.81. The molecule has 4 N–H and O–H groups in total. The molecule has 2 aromatic rings. The third-order valence-electron chi connectivity index (χ3n) is 4.12. The van der Waals surface area contributed by atoms with Gasteiger partial charge in [0.2, 0.25) is 0 Å². The van der Waals surface area contributed by atoms with Crippen LogP contribution in [0.2, 0.25) is 0 Å². The Morgan fingerprint density at radius 1 is 1.50 bits per heavy atom. The molecule has 2 atom stereocenters. The van der Waals surface area contributed by atoms with Gasteiger partial charge in [0, 0.05) is 12.1 Å². The van der Waals surface area contributed by atoms with Gasteiger partial charge >= 0.3 is 5.69 Å². The highest BCUT2D eigenvalue weighted by Crippen LogP contribution is 2.26. The first kappa shape index (κ1) is 13.1. The number of hydrogen-bond acceptors (Lipinski definition) is 5. The van der Waals surface area contributed by atoms with Crippen molar-refractivity contribution >= 4 is 11.5 Å². The minimum absolute atomic E-state index is 0.256. The molecule has 1 aliphatic rings. The van der Waals surface area contributed by atoms with Gasteiger partial charge in [-0.25, -0.2) is 19.3 Å². The Balaban J connectivity index is 1.88. The van der Waals surface area contributed by atoms with Crippen LogP contribution in [0.3, 0.4) is 0 Å². The van der Waals surface area contributed by atoms with E-state index in [-0.39, 0.29) is 5.69 Å². The molecular formula is C13H20N6O. The summed E-state index contributed by atoms with van der Waals surface area (Å²) in [6, 6.07) is 2.15. The van der Waals surface area contributed by atoms with Crippen LogP contribution in [0.25, 0.3) is 5.65 Å². The summed E-state index contributed by atoms with van der Waals surface area (Å²) in [5, 5.41) is 9.89. The molecule has 108 valence electrons. The van der Waals surface area contributed by atoms with Crippen LogP contribution >= 0.6 is 0 Å². The third kappa shape index (κ3) is 2.29. The van der Waals surface area contributed by atoms with E-state index in [4.69, 9.17) is 5.73 Å². The molecule has 2 heterocycles. The lowest BCUT2D eigenvalue weighted by Crippen LogP contribution is -2.37. The van der Waals surface area contributed by atoms with E-state index in [0.717, 1.165) is 18.7 Å². The fourth-order valence-electron chi connectivity index (χ4n) is 3.04. The number of aromatic amines is 1. The zero-order chi connectivity index (χ0) is 14.1. The van der Waals surface area contributed by atoms with Gasteiger partial charge in [0.05, 0.1) is 0 Å². The molecule has 1 fully saturated rings. The van der Waals surface area contributed by atoms with Gasteiger partial charge in [0.25, 0.3) is 0 Å². The van der Waals surface area contributed by atoms with Crippen molar-refractivity contribution in [2.45, 2.75) is 38.6 Å². The summed E-state index contributed by atoms with van der Waals surface area (Å²) in [5.41, 5.74) is 6.18. The fraction of sp³-hybridized carbons (Fsp3) is 0.615. The molecule has 7 nitrogen and oxygen atoms in total. The number of fused-ring (bicyclic) bond motifs is 1. The van der Waals surface area contributed by atoms with Crippen molar-refractivity contribution in [3.05, 3.63) is 22.4 Å². The molecule has 3 rings (SSSR count). The van der Waals surface area contributed by atoms with Gasteiger partial charge in [-0.3, -0.25) is 0 Å². The van der Waals surface area contributed by atoms with Crippen molar-refractivity contribution < 1.29 is 0 Å². The number of anilines is 1. The molecule has 2 unspecified atom stereocenters. The Kier molecular flexibility index (Phi) is 3.43. The van der Waals surface area contributed by atoms with E-state index in [9.17, 15) is 4.79 Å². The predicted molar refractivity (Wildman–Crippen MR) is 76.8 cm³/mol. The fourth-order valence-corrected chi connectivity index (χ4v) is 3.04. The SMILES string of the molecule is Cc1nc(NC2CCCCC2CN)cc2n[nH]c(=O)n12. The standard InChI is InChI=1S/C13H20N6O/c1-8-15-11(6-12-17-18-13(20)19(8)12)16-10-5-3-2-4-9(10)7-14/h6,9-10,16H,2-5,7,14H2,1H3,(H,18,20). The number of H-pyrrole nitrogens is 1. The molecule has 0 aromatic carbocycles. The minimum Gasteiger partial charge on any atom is -0.367 e. The van der Waals surface area contributed by atoms with E-state index < -0.39 is 0 Å². The van der Waals surface area contributed by atoms with Crippen LogP contribution in [0.1, 0.15) is 31.5 Å². The summed E-state index contributed by atoms with van der Waals surface area (Å²) < 4.78 is 1.46. The second kappa shape index (κ2) is 5.24. The number of nitrogens with two attached hydrogens (primary N) is 1. The summed E-state index contributed by atoms with van der Waals surface area (Å²) in [6.45, 7) is 2.50. The van der Waals surface area contributed by atoms with Crippen LogP contribution in [-0.2, 0) is 0 Å². The maximum atomic E-state index is 11.6. The van der Waals surface area contributed by atoms with E-state index in [1.807, 2.05) is 0 Å². The van der Waals surface area contributed by atoms with Gasteiger partial charge in [0.1, 0.15) is 11.6 Å². The number of aromatic nitrogens is 4. The lowest BCUT2D eigenvalue weighted by atomic mass is 9.84. The van der Waals surface area contributed by atoms with Crippen molar-refractivity contribution in [1.82, 2.24) is 19.6 Å². The molecule has 2 aromatic heterocycles. The molecule has 0 spiro atoms. The van der Waals surface area contributed by atoms with Crippen LogP contribution < -0.4 is 16.7 Å². The van der Waals surface area contributed by atoms with Gasteiger partial charge in [-0.05, 0) is 32.2 Å². The van der Waals surface area contributed by atoms with E-state index in [0.29, 0.717) is 30.0 Å². The van der Waals surface area contributed by atoms with Crippen molar-refractivity contribution in [2.75, 3.05) is 11.9 Å². The van der Waals surface area contributed by atoms with Crippen molar-refractivity contribution in [3.8, 4) is 0 Å². The Hall–Kier alpha value is -1.89. The lowest BCUT2D eigenvalue weighted by molar-refractivity contribution is 0.332. The zero-order valence-electron chi connectivity index (χ0n) is 11.6. The van der Waals surface area contributed by atoms with Crippen molar-refractivity contribution in [2.24, 2.45) is 11.7 Å². The van der Waals surface area contributed by atoms with Gasteiger partial charge in [-0.1, -0.05) is 12.8 Å². The number of nitrogens with zero attached hydrogens (tertiary/aromatic N) is 3. The molecule has 0 amide bonds. The van der Waals surface area contributed by atoms with Gasteiger partial charge < -0.3 is 11.1 Å². The number of nitrogens with one attached hydrogen (secondary N) is 2. The first-order chi connectivity index (χ1) is 9.69. The average molecular weight is 276 g/mol. The highest BCUT2D eigenvalue weighted by molar-refractivity contribution is 5.50. The molecule has 0 radical (unpaired) electrons. The third-order valence-corrected chi connectivity index (χ3v) is 4.12. The van der Waals surface area contributed by atoms with Crippen molar-refractivity contribution in [1.29, 1.82) is 0 Å². The summed E-state index contributed by atoms with van der Waals surface area (Å²) >= 11 is 0. The lowest BCUT2D eigenvalue weighted by Gasteiger charge is -2.31. The van der Waals surface area contributed by atoms with E-state index in [1.165, 1.54) is 17.2 Å². The summed E-state index contributed by atoms with van der Waals surface area (Å²) in [5.74, 6) is 1.88. The van der Waals surface area contributed by atoms with Gasteiger partial charge in [0.15, 0.2) is 5.65 Å². The summed E-state index contributed by atoms with van der Waals surface area (Å²) in [6.07, 6.45) is 4.75. The monoisotopic (exact) mass is 276 g/mol. The van der Waals surface area contributed by atoms with E-state index in [2.05, 4.69) is 20.5 Å². The number of rotatable bonds is 3. The quantitative estimate of drug-likeness (QED) is 0.764. The second-order valence-electron chi connectivity index (χ2n) is 5.44. The van der Waals surface area contributed by atoms with Crippen LogP contribution in [0.15, 0.2) is 10.9 Å². The van der Waals surface area contributed by atoms with Crippen molar-refractivity contribution in [3.63, 3.8) is 0 Å². The topological polar surface area (TPSA) is 101 Å². The molecule has 1 aliphatic carbocycles. The zero-order valence-corrected chi connectivity index (χ0v) is 11.6. The molecule has 7 heteroatoms. The number of aryl methyl sites for hydroxylation is 1. The summed E-state index contributed by atoms with van der Waals surface area (Å²) in [4.78, 5) is 16.0. The highest BCUT2D eigenvalue weighted by atomic mass is 16.1. The summed E-state index contributed by atoms with van der Waals surface area (Å²) in [7, 11) is 0. The second-order valence-corrected chi connectivity index (χ2v) is 5.44. The minimum atomic E-state index is -0.256. The molecule has 0 bridgehead atoms. The van der Waals surface area contributed by atoms with E-state index in [1.54, 1.807) is 13.0 Å². The maximum absolute atomic E-state index is 11.6. The normalized spacial score (nSPS) is 23.1. The molecule has 0 saturated heterocycles. The molecule has 0 aliphatic heterocycles. The first-order valence-corrected chi connectivity index (χ1v) is 7.10. The van der Waals surface area contributed by atoms with Crippen LogP contribution in [0.4, 0.5) is 5.82 Å². The van der Waals surface area contributed by atoms with Crippen LogP contribution in [-0.4, -0.2) is 32.2 Å². The predicted octanol–water partition coefficient (Wildman–Crippen LogP) is 0.655. The Morgan fingerprint density at radius 2 is 2.30 bits per heavy atom. The Labute approximate surface area is 116 Å². The van der Waals surface area contributed by atoms with Gasteiger partial charge in [-0.15, -0.1) is 0 Å². The molecule has 1 saturated carbocycles. The smallest absolute Gasteiger partial charge is 0.349 e. The Bertz CT molecular complexity index is 660. The van der Waals surface area contributed by atoms with Gasteiger partial charge in [-0.2, -0.15) is 5.10 Å².